The molecule has 0 spiro atoms. The van der Waals surface area contributed by atoms with Crippen molar-refractivity contribution in [1.82, 2.24) is 0 Å². The molecule has 2 N–H and O–H groups in total. The van der Waals surface area contributed by atoms with E-state index < -0.39 is 11.9 Å². The van der Waals surface area contributed by atoms with Gasteiger partial charge in [0.15, 0.2) is 0 Å². The summed E-state index contributed by atoms with van der Waals surface area (Å²) >= 11 is 0. The molecule has 0 aliphatic carbocycles. The van der Waals surface area contributed by atoms with E-state index >= 15 is 0 Å². The van der Waals surface area contributed by atoms with Gasteiger partial charge in [-0.2, -0.15) is 0 Å². The van der Waals surface area contributed by atoms with E-state index in [9.17, 15) is 9.59 Å². The van der Waals surface area contributed by atoms with Crippen LogP contribution in [0.1, 0.15) is 195 Å². The van der Waals surface area contributed by atoms with Crippen molar-refractivity contribution in [2.75, 3.05) is 0 Å². The fraction of sp³-hybridized carbons (Fsp3) is 0.941. The van der Waals surface area contributed by atoms with Gasteiger partial charge in [0.1, 0.15) is 0 Å². The van der Waals surface area contributed by atoms with Gasteiger partial charge in [0.05, 0.1) is 0 Å². The molecule has 0 heterocycles. The zero-order valence-corrected chi connectivity index (χ0v) is 26.3. The number of carboxylic acids is 2. The van der Waals surface area contributed by atoms with E-state index in [-0.39, 0.29) is 0 Å². The van der Waals surface area contributed by atoms with Gasteiger partial charge in [-0.25, -0.2) is 0 Å². The Labute approximate surface area is 238 Å². The van der Waals surface area contributed by atoms with E-state index in [1.807, 2.05) is 0 Å². The minimum Gasteiger partial charge on any atom is -0.481 e. The highest BCUT2D eigenvalue weighted by atomic mass is 16.4. The smallest absolute Gasteiger partial charge is 0.303 e. The van der Waals surface area contributed by atoms with Gasteiger partial charge in [-0.3, -0.25) is 9.59 Å². The lowest BCUT2D eigenvalue weighted by atomic mass is 10.0. The average molecular weight is 541 g/mol. The van der Waals surface area contributed by atoms with Crippen LogP contribution in [0.3, 0.4) is 0 Å². The van der Waals surface area contributed by atoms with Gasteiger partial charge in [-0.1, -0.05) is 169 Å². The van der Waals surface area contributed by atoms with Gasteiger partial charge in [0.25, 0.3) is 0 Å². The van der Waals surface area contributed by atoms with Gasteiger partial charge in [0, 0.05) is 12.8 Å². The third kappa shape index (κ3) is 42.0. The van der Waals surface area contributed by atoms with E-state index in [0.29, 0.717) is 12.8 Å². The Morgan fingerprint density at radius 2 is 0.553 bits per heavy atom. The normalized spacial score (nSPS) is 11.1. The lowest BCUT2D eigenvalue weighted by Crippen LogP contribution is -1.93. The van der Waals surface area contributed by atoms with E-state index in [1.54, 1.807) is 0 Å². The number of hydrogen-bond donors (Lipinski definition) is 2. The van der Waals surface area contributed by atoms with E-state index in [0.717, 1.165) is 37.5 Å². The Morgan fingerprint density at radius 1 is 0.368 bits per heavy atom. The Hall–Kier alpha value is -1.06. The molecule has 0 amide bonds. The molecule has 0 aliphatic heterocycles. The lowest BCUT2D eigenvalue weighted by molar-refractivity contribution is -0.138. The summed E-state index contributed by atoms with van der Waals surface area (Å²) in [4.78, 5) is 20.6. The number of hydrogen-bond acceptors (Lipinski definition) is 2. The van der Waals surface area contributed by atoms with Crippen LogP contribution in [0.5, 0.6) is 0 Å². The van der Waals surface area contributed by atoms with Gasteiger partial charge in [-0.15, -0.1) is 0 Å². The molecular weight excluding hydrogens is 472 g/mol. The van der Waals surface area contributed by atoms with Crippen LogP contribution in [0.25, 0.3) is 0 Å². The van der Waals surface area contributed by atoms with Crippen molar-refractivity contribution in [2.45, 2.75) is 195 Å². The average Bonchev–Trinajstić information content (AvgIpc) is 2.84. The molecule has 4 nitrogen and oxygen atoms in total. The summed E-state index contributed by atoms with van der Waals surface area (Å²) in [5.41, 5.74) is 0. The predicted octanol–water partition coefficient (Wildman–Crippen LogP) is 11.6. The van der Waals surface area contributed by atoms with Crippen LogP contribution in [-0.2, 0) is 9.59 Å². The minimum absolute atomic E-state index is 0.343. The largest absolute Gasteiger partial charge is 0.481 e. The third-order valence-corrected chi connectivity index (χ3v) is 7.34. The fourth-order valence-corrected chi connectivity index (χ4v) is 4.84. The van der Waals surface area contributed by atoms with E-state index in [4.69, 9.17) is 10.2 Å². The van der Waals surface area contributed by atoms with Crippen LogP contribution in [0.2, 0.25) is 0 Å². The molecule has 0 radical (unpaired) electrons. The first kappa shape index (κ1) is 39.1. The summed E-state index contributed by atoms with van der Waals surface area (Å²) in [6, 6.07) is 0. The molecule has 0 fully saturated rings. The van der Waals surface area contributed by atoms with Crippen LogP contribution in [0.15, 0.2) is 0 Å². The third-order valence-electron chi connectivity index (χ3n) is 7.34. The molecule has 228 valence electrons. The molecular formula is C34H68O4. The van der Waals surface area contributed by atoms with Crippen molar-refractivity contribution in [2.24, 2.45) is 11.8 Å². The highest BCUT2D eigenvalue weighted by molar-refractivity contribution is 5.66. The van der Waals surface area contributed by atoms with Crippen LogP contribution >= 0.6 is 0 Å². The summed E-state index contributed by atoms with van der Waals surface area (Å²) in [5, 5.41) is 17.0. The topological polar surface area (TPSA) is 74.6 Å². The molecule has 0 aromatic heterocycles. The molecule has 0 rings (SSSR count). The maximum absolute atomic E-state index is 10.3. The zero-order chi connectivity index (χ0) is 28.7. The van der Waals surface area contributed by atoms with Gasteiger partial charge in [-0.05, 0) is 24.7 Å². The van der Waals surface area contributed by atoms with Crippen LogP contribution in [-0.4, -0.2) is 22.2 Å². The predicted molar refractivity (Wildman–Crippen MR) is 165 cm³/mol. The van der Waals surface area contributed by atoms with Crippen molar-refractivity contribution in [3.8, 4) is 0 Å². The first-order valence-electron chi connectivity index (χ1n) is 16.7. The quantitative estimate of drug-likeness (QED) is 0.0967. The Kier molecular flexibility index (Phi) is 33.1. The summed E-state index contributed by atoms with van der Waals surface area (Å²) < 4.78 is 0. The molecule has 0 saturated heterocycles. The fourth-order valence-electron chi connectivity index (χ4n) is 4.84. The number of aliphatic carboxylic acids is 2. The zero-order valence-electron chi connectivity index (χ0n) is 26.3. The van der Waals surface area contributed by atoms with Gasteiger partial charge < -0.3 is 10.2 Å². The van der Waals surface area contributed by atoms with Crippen molar-refractivity contribution in [3.05, 3.63) is 0 Å². The maximum Gasteiger partial charge on any atom is 0.303 e. The number of rotatable bonds is 28. The Morgan fingerprint density at radius 3 is 0.737 bits per heavy atom. The van der Waals surface area contributed by atoms with Gasteiger partial charge >= 0.3 is 11.9 Å². The highest BCUT2D eigenvalue weighted by Crippen LogP contribution is 2.15. The molecule has 0 atom stereocenters. The standard InChI is InChI=1S/C18H36O2.C16H32O2/c1-17(2)15-13-11-9-7-5-3-4-6-8-10-12-14-16-18(19)20;1-15(2)13-11-9-7-5-3-4-6-8-10-12-14-16(17)18/h17H,3-16H2,1-2H3,(H,19,20);15H,3-14H2,1-2H3,(H,17,18). The maximum atomic E-state index is 10.3. The first-order valence-corrected chi connectivity index (χ1v) is 16.7. The number of carbonyl (C=O) groups is 2. The molecule has 0 unspecified atom stereocenters. The van der Waals surface area contributed by atoms with Crippen LogP contribution in [0, 0.1) is 11.8 Å². The SMILES string of the molecule is CC(C)CCCCCCCCCCCCC(=O)O.CC(C)CCCCCCCCCCCCCCC(=O)O. The molecule has 0 saturated carbocycles. The molecule has 0 aromatic rings. The highest BCUT2D eigenvalue weighted by Gasteiger charge is 1.99. The summed E-state index contributed by atoms with van der Waals surface area (Å²) in [5.74, 6) is 0.413. The first-order chi connectivity index (χ1) is 18.3. The van der Waals surface area contributed by atoms with Crippen molar-refractivity contribution in [3.63, 3.8) is 0 Å². The Bertz CT molecular complexity index is 487. The molecule has 0 bridgehead atoms. The lowest BCUT2D eigenvalue weighted by Gasteiger charge is -2.04. The van der Waals surface area contributed by atoms with Crippen molar-refractivity contribution in [1.29, 1.82) is 0 Å². The molecule has 4 heteroatoms. The van der Waals surface area contributed by atoms with E-state index in [2.05, 4.69) is 27.7 Å². The van der Waals surface area contributed by atoms with E-state index in [1.165, 1.54) is 128 Å². The second-order valence-corrected chi connectivity index (χ2v) is 12.4. The monoisotopic (exact) mass is 541 g/mol. The molecule has 0 aromatic carbocycles. The Balaban J connectivity index is 0. The van der Waals surface area contributed by atoms with Gasteiger partial charge in [0.2, 0.25) is 0 Å². The number of carboxylic acid groups (broad SMARTS) is 2. The van der Waals surface area contributed by atoms with Crippen LogP contribution < -0.4 is 0 Å². The van der Waals surface area contributed by atoms with Crippen molar-refractivity contribution >= 4 is 11.9 Å². The number of unbranched alkanes of at least 4 members (excludes halogenated alkanes) is 20. The summed E-state index contributed by atoms with van der Waals surface area (Å²) in [6.45, 7) is 9.21. The van der Waals surface area contributed by atoms with Crippen LogP contribution in [0.4, 0.5) is 0 Å². The summed E-state index contributed by atoms with van der Waals surface area (Å²) in [7, 11) is 0. The molecule has 0 aliphatic rings. The second-order valence-electron chi connectivity index (χ2n) is 12.4. The second kappa shape index (κ2) is 32.2. The summed E-state index contributed by atoms with van der Waals surface area (Å²) in [6.07, 6.45) is 31.7. The van der Waals surface area contributed by atoms with Crippen molar-refractivity contribution < 1.29 is 19.8 Å². The molecule has 38 heavy (non-hydrogen) atoms. The minimum atomic E-state index is -0.656.